The van der Waals surface area contributed by atoms with Gasteiger partial charge in [0.15, 0.2) is 0 Å². The predicted molar refractivity (Wildman–Crippen MR) is 119 cm³/mol. The maximum Gasteiger partial charge on any atom is 0.243 e. The molecule has 1 aliphatic rings. The molecular formula is C23H31N3O3S. The Morgan fingerprint density at radius 2 is 1.70 bits per heavy atom. The van der Waals surface area contributed by atoms with Crippen LogP contribution in [0.1, 0.15) is 24.8 Å². The first-order valence-electron chi connectivity index (χ1n) is 10.4. The van der Waals surface area contributed by atoms with Crippen molar-refractivity contribution < 1.29 is 13.2 Å². The number of benzene rings is 2. The van der Waals surface area contributed by atoms with E-state index in [1.54, 1.807) is 30.3 Å². The molecule has 0 saturated carbocycles. The third kappa shape index (κ3) is 5.47. The van der Waals surface area contributed by atoms with Crippen molar-refractivity contribution in [2.45, 2.75) is 42.7 Å². The number of sulfonamides is 1. The zero-order valence-electron chi connectivity index (χ0n) is 17.7. The molecule has 30 heavy (non-hydrogen) atoms. The van der Waals surface area contributed by atoms with Crippen LogP contribution < -0.4 is 5.32 Å². The summed E-state index contributed by atoms with van der Waals surface area (Å²) in [6, 6.07) is 18.0. The van der Waals surface area contributed by atoms with Crippen molar-refractivity contribution in [3.63, 3.8) is 0 Å². The maximum atomic E-state index is 13.1. The third-order valence-corrected chi connectivity index (χ3v) is 7.58. The number of carbonyl (C=O) groups is 1. The third-order valence-electron chi connectivity index (χ3n) is 5.66. The Labute approximate surface area is 179 Å². The van der Waals surface area contributed by atoms with Crippen molar-refractivity contribution in [2.24, 2.45) is 0 Å². The van der Waals surface area contributed by atoms with E-state index >= 15 is 0 Å². The van der Waals surface area contributed by atoms with Crippen LogP contribution in [0, 0.1) is 0 Å². The van der Waals surface area contributed by atoms with Gasteiger partial charge in [0.25, 0.3) is 0 Å². The van der Waals surface area contributed by atoms with Gasteiger partial charge in [0.05, 0.1) is 4.90 Å². The molecule has 2 aromatic carbocycles. The topological polar surface area (TPSA) is 69.7 Å². The van der Waals surface area contributed by atoms with Crippen LogP contribution >= 0.6 is 0 Å². The average Bonchev–Trinajstić information content (AvgIpc) is 2.77. The minimum atomic E-state index is -3.70. The summed E-state index contributed by atoms with van der Waals surface area (Å²) >= 11 is 0. The molecule has 162 valence electrons. The van der Waals surface area contributed by atoms with Crippen LogP contribution in [0.4, 0.5) is 0 Å². The maximum absolute atomic E-state index is 13.1. The Balaban J connectivity index is 1.69. The number of piperidine rings is 1. The highest BCUT2D eigenvalue weighted by Gasteiger charge is 2.37. The van der Waals surface area contributed by atoms with Gasteiger partial charge in [0, 0.05) is 19.1 Å². The fourth-order valence-electron chi connectivity index (χ4n) is 3.84. The quantitative estimate of drug-likeness (QED) is 0.700. The lowest BCUT2D eigenvalue weighted by Gasteiger charge is -2.34. The van der Waals surface area contributed by atoms with Crippen LogP contribution in [-0.2, 0) is 21.2 Å². The molecule has 2 aromatic rings. The minimum absolute atomic E-state index is 0.124. The number of amides is 1. The molecule has 1 amide bonds. The molecule has 3 rings (SSSR count). The molecule has 1 heterocycles. The zero-order valence-corrected chi connectivity index (χ0v) is 18.5. The van der Waals surface area contributed by atoms with Crippen LogP contribution in [0.2, 0.25) is 0 Å². The van der Waals surface area contributed by atoms with Crippen LogP contribution in [0.5, 0.6) is 0 Å². The van der Waals surface area contributed by atoms with E-state index in [1.165, 1.54) is 9.87 Å². The van der Waals surface area contributed by atoms with Gasteiger partial charge in [0.2, 0.25) is 15.9 Å². The molecule has 7 heteroatoms. The molecule has 0 spiro atoms. The summed E-state index contributed by atoms with van der Waals surface area (Å²) in [5, 5.41) is 3.02. The van der Waals surface area contributed by atoms with Crippen molar-refractivity contribution in [3.8, 4) is 0 Å². The first-order chi connectivity index (χ1) is 14.4. The van der Waals surface area contributed by atoms with E-state index < -0.39 is 16.1 Å². The number of likely N-dealkylation sites (N-methyl/N-ethyl adjacent to an activating group) is 1. The number of carbonyl (C=O) groups excluding carboxylic acids is 1. The van der Waals surface area contributed by atoms with Crippen LogP contribution in [-0.4, -0.2) is 62.8 Å². The fourth-order valence-corrected chi connectivity index (χ4v) is 5.52. The molecule has 2 atom stereocenters. The molecule has 2 unspecified atom stereocenters. The van der Waals surface area contributed by atoms with Gasteiger partial charge in [0.1, 0.15) is 6.04 Å². The Hall–Kier alpha value is -2.22. The van der Waals surface area contributed by atoms with Crippen molar-refractivity contribution >= 4 is 15.9 Å². The Morgan fingerprint density at radius 3 is 2.33 bits per heavy atom. The molecule has 6 nitrogen and oxygen atoms in total. The van der Waals surface area contributed by atoms with Gasteiger partial charge < -0.3 is 10.2 Å². The number of hydrogen-bond donors (Lipinski definition) is 1. The summed E-state index contributed by atoms with van der Waals surface area (Å²) < 4.78 is 27.6. The summed E-state index contributed by atoms with van der Waals surface area (Å²) in [4.78, 5) is 15.4. The Morgan fingerprint density at radius 1 is 1.07 bits per heavy atom. The highest BCUT2D eigenvalue weighted by molar-refractivity contribution is 7.89. The molecule has 1 saturated heterocycles. The van der Waals surface area contributed by atoms with E-state index in [1.807, 2.05) is 32.3 Å². The SMILES string of the molecule is CN(C)C(CNC(=O)C1CCCCN1S(=O)(=O)c1ccccc1)Cc1ccccc1. The summed E-state index contributed by atoms with van der Waals surface area (Å²) in [6.07, 6.45) is 2.97. The molecule has 0 aromatic heterocycles. The van der Waals surface area contributed by atoms with Crippen LogP contribution in [0.15, 0.2) is 65.6 Å². The van der Waals surface area contributed by atoms with Crippen LogP contribution in [0.3, 0.4) is 0 Å². The van der Waals surface area contributed by atoms with Gasteiger partial charge in [-0.15, -0.1) is 0 Å². The smallest absolute Gasteiger partial charge is 0.243 e. The first kappa shape index (κ1) is 22.5. The van der Waals surface area contributed by atoms with Gasteiger partial charge >= 0.3 is 0 Å². The first-order valence-corrected chi connectivity index (χ1v) is 11.9. The average molecular weight is 430 g/mol. The lowest BCUT2D eigenvalue weighted by molar-refractivity contribution is -0.125. The van der Waals surface area contributed by atoms with Crippen molar-refractivity contribution in [2.75, 3.05) is 27.2 Å². The normalized spacial score (nSPS) is 18.8. The lowest BCUT2D eigenvalue weighted by atomic mass is 10.0. The van der Waals surface area contributed by atoms with E-state index in [0.29, 0.717) is 19.5 Å². The van der Waals surface area contributed by atoms with Crippen LogP contribution in [0.25, 0.3) is 0 Å². The summed E-state index contributed by atoms with van der Waals surface area (Å²) in [7, 11) is 0.288. The summed E-state index contributed by atoms with van der Waals surface area (Å²) in [5.74, 6) is -0.214. The summed E-state index contributed by atoms with van der Waals surface area (Å²) in [6.45, 7) is 0.840. The van der Waals surface area contributed by atoms with E-state index in [4.69, 9.17) is 0 Å². The van der Waals surface area contributed by atoms with E-state index in [2.05, 4.69) is 22.3 Å². The van der Waals surface area contributed by atoms with E-state index in [0.717, 1.165) is 19.3 Å². The zero-order chi connectivity index (χ0) is 21.6. The molecule has 0 bridgehead atoms. The number of nitrogens with zero attached hydrogens (tertiary/aromatic N) is 2. The number of hydrogen-bond acceptors (Lipinski definition) is 4. The Bertz CT molecular complexity index is 917. The molecule has 1 N–H and O–H groups in total. The van der Waals surface area contributed by atoms with Crippen molar-refractivity contribution in [3.05, 3.63) is 66.2 Å². The molecular weight excluding hydrogens is 398 g/mol. The molecule has 1 fully saturated rings. The van der Waals surface area contributed by atoms with Gasteiger partial charge in [-0.25, -0.2) is 8.42 Å². The second-order valence-electron chi connectivity index (χ2n) is 7.99. The predicted octanol–water partition coefficient (Wildman–Crippen LogP) is 2.52. The fraction of sp³-hybridized carbons (Fsp3) is 0.435. The highest BCUT2D eigenvalue weighted by Crippen LogP contribution is 2.25. The van der Waals surface area contributed by atoms with Gasteiger partial charge in [-0.1, -0.05) is 55.0 Å². The standard InChI is InChI=1S/C23H31N3O3S/c1-25(2)20(17-19-11-5-3-6-12-19)18-24-23(27)22-15-9-10-16-26(22)30(28,29)21-13-7-4-8-14-21/h3-8,11-14,20,22H,9-10,15-18H2,1-2H3,(H,24,27). The largest absolute Gasteiger partial charge is 0.353 e. The van der Waals surface area contributed by atoms with E-state index in [-0.39, 0.29) is 16.8 Å². The van der Waals surface area contributed by atoms with E-state index in [9.17, 15) is 13.2 Å². The molecule has 0 aliphatic carbocycles. The van der Waals surface area contributed by atoms with Crippen molar-refractivity contribution in [1.29, 1.82) is 0 Å². The Kier molecular flexibility index (Phi) is 7.64. The second-order valence-corrected chi connectivity index (χ2v) is 9.88. The lowest BCUT2D eigenvalue weighted by Crippen LogP contribution is -2.53. The summed E-state index contributed by atoms with van der Waals surface area (Å²) in [5.41, 5.74) is 1.20. The number of rotatable bonds is 8. The van der Waals surface area contributed by atoms with Gasteiger partial charge in [-0.05, 0) is 51.1 Å². The van der Waals surface area contributed by atoms with Crippen molar-refractivity contribution in [1.82, 2.24) is 14.5 Å². The monoisotopic (exact) mass is 429 g/mol. The van der Waals surface area contributed by atoms with Gasteiger partial charge in [-0.2, -0.15) is 4.31 Å². The minimum Gasteiger partial charge on any atom is -0.353 e. The molecule has 0 radical (unpaired) electrons. The van der Waals surface area contributed by atoms with Gasteiger partial charge in [-0.3, -0.25) is 4.79 Å². The number of nitrogens with one attached hydrogen (secondary N) is 1. The second kappa shape index (κ2) is 10.2. The molecule has 1 aliphatic heterocycles. The highest BCUT2D eigenvalue weighted by atomic mass is 32.2.